The molecular weight excluding hydrogens is 380 g/mol. The van der Waals surface area contributed by atoms with Crippen LogP contribution in [0.3, 0.4) is 0 Å². The normalized spacial score (nSPS) is 23.2. The van der Waals surface area contributed by atoms with E-state index in [0.29, 0.717) is 0 Å². The summed E-state index contributed by atoms with van der Waals surface area (Å²) in [4.78, 5) is 21.9. The van der Waals surface area contributed by atoms with Crippen LogP contribution in [-0.2, 0) is 29.8 Å². The maximum Gasteiger partial charge on any atom is 2.00 e. The van der Waals surface area contributed by atoms with Gasteiger partial charge in [-0.1, -0.05) is 0 Å². The van der Waals surface area contributed by atoms with Crippen molar-refractivity contribution in [3.05, 3.63) is 0 Å². The molecular formula is C10H20CaN2O8S2. The van der Waals surface area contributed by atoms with Gasteiger partial charge in [0.1, 0.15) is 0 Å². The first kappa shape index (κ1) is 9.64. The van der Waals surface area contributed by atoms with Gasteiger partial charge in [-0.05, 0) is 12.8 Å². The summed E-state index contributed by atoms with van der Waals surface area (Å²) in [5.41, 5.74) is -6.95. The number of carbonyl (C=O) groups excluding carboxylic acids is 2. The van der Waals surface area contributed by atoms with E-state index in [1.54, 1.807) is 0 Å². The smallest absolute Gasteiger partial charge is 0.748 e. The zero-order chi connectivity index (χ0) is 30.0. The minimum Gasteiger partial charge on any atom is -0.748 e. The molecule has 0 heterocycles. The van der Waals surface area contributed by atoms with Crippen LogP contribution in [0.15, 0.2) is 0 Å². The molecule has 2 amide bonds. The zero-order valence-electron chi connectivity index (χ0n) is 25.2. The molecule has 0 aromatic carbocycles. The predicted octanol–water partition coefficient (Wildman–Crippen LogP) is -2.27. The second-order valence-electron chi connectivity index (χ2n) is 2.81. The summed E-state index contributed by atoms with van der Waals surface area (Å²) in [7, 11) is -10.9. The summed E-state index contributed by atoms with van der Waals surface area (Å²) in [6.07, 6.45) is -3.04. The molecule has 0 rings (SSSR count). The molecule has 0 unspecified atom stereocenters. The van der Waals surface area contributed by atoms with Gasteiger partial charge in [-0.15, -0.1) is 0 Å². The van der Waals surface area contributed by atoms with Gasteiger partial charge >= 0.3 is 37.7 Å². The Bertz CT molecular complexity index is 944. The Labute approximate surface area is 185 Å². The molecule has 0 bridgehead atoms. The van der Waals surface area contributed by atoms with Crippen LogP contribution in [0.25, 0.3) is 0 Å². The van der Waals surface area contributed by atoms with Crippen molar-refractivity contribution in [2.24, 2.45) is 0 Å². The number of nitrogens with one attached hydrogen (secondary N) is 2. The van der Waals surface area contributed by atoms with Crippen molar-refractivity contribution < 1.29 is 54.7 Å². The van der Waals surface area contributed by atoms with Gasteiger partial charge in [-0.2, -0.15) is 0 Å². The van der Waals surface area contributed by atoms with Crippen LogP contribution in [0.4, 0.5) is 0 Å². The molecule has 0 saturated heterocycles. The minimum atomic E-state index is -5.46. The third kappa shape index (κ3) is 34.4. The van der Waals surface area contributed by atoms with Crippen LogP contribution in [-0.4, -0.2) is 99.9 Å². The molecule has 0 aliphatic rings. The van der Waals surface area contributed by atoms with Crippen molar-refractivity contribution in [2.45, 2.75) is 26.5 Å². The monoisotopic (exact) mass is 414 g/mol. The minimum absolute atomic E-state index is 0. The average molecular weight is 415 g/mol. The van der Waals surface area contributed by atoms with E-state index in [2.05, 4.69) is 0 Å². The summed E-state index contributed by atoms with van der Waals surface area (Å²) in [6, 6.07) is 0. The Kier molecular flexibility index (Phi) is 6.03. The predicted molar refractivity (Wildman–Crippen MR) is 81.5 cm³/mol. The van der Waals surface area contributed by atoms with E-state index in [9.17, 15) is 35.5 Å². The van der Waals surface area contributed by atoms with E-state index in [1.807, 2.05) is 0 Å². The quantitative estimate of drug-likeness (QED) is 0.330. The van der Waals surface area contributed by atoms with Gasteiger partial charge in [-0.25, -0.2) is 16.8 Å². The fourth-order valence-electron chi connectivity index (χ4n) is 0.498. The molecule has 132 valence electrons. The molecule has 0 aromatic heterocycles. The molecule has 0 fully saturated rings. The van der Waals surface area contributed by atoms with Crippen LogP contribution >= 0.6 is 0 Å². The molecule has 0 saturated carbocycles. The third-order valence-corrected chi connectivity index (χ3v) is 2.07. The van der Waals surface area contributed by atoms with Crippen LogP contribution in [0.5, 0.6) is 0 Å². The van der Waals surface area contributed by atoms with Crippen LogP contribution in [0, 0.1) is 0 Å². The molecule has 2 N–H and O–H groups in total. The fraction of sp³-hybridized carbons (Fsp3) is 0.800. The summed E-state index contributed by atoms with van der Waals surface area (Å²) < 4.78 is 159. The number of amides is 2. The second kappa shape index (κ2) is 14.4. The maximum absolute atomic E-state index is 11.0. The Hall–Kier alpha value is 0.0197. The zero-order valence-corrected chi connectivity index (χ0v) is 15.0. The van der Waals surface area contributed by atoms with Crippen molar-refractivity contribution >= 4 is 69.8 Å². The molecule has 0 aromatic rings. The van der Waals surface area contributed by atoms with Crippen LogP contribution < -0.4 is 10.6 Å². The van der Waals surface area contributed by atoms with Crippen molar-refractivity contribution in [3.63, 3.8) is 0 Å². The topological polar surface area (TPSA) is 173 Å². The Morgan fingerprint density at radius 1 is 0.913 bits per heavy atom. The maximum atomic E-state index is 11.0. The van der Waals surface area contributed by atoms with E-state index in [0.717, 1.165) is 0 Å². The molecule has 0 aliphatic heterocycles. The fourth-order valence-corrected chi connectivity index (χ4v) is 0.996. The van der Waals surface area contributed by atoms with Gasteiger partial charge in [0.15, 0.2) is 0 Å². The van der Waals surface area contributed by atoms with E-state index >= 15 is 0 Å². The largest absolute Gasteiger partial charge is 2.00 e. The average Bonchev–Trinajstić information content (AvgIpc) is 2.47. The van der Waals surface area contributed by atoms with Crippen molar-refractivity contribution in [1.29, 1.82) is 0 Å². The molecule has 0 spiro atoms. The first-order valence-electron chi connectivity index (χ1n) is 11.7. The summed E-state index contributed by atoms with van der Waals surface area (Å²) in [6.45, 7) is -12.3. The van der Waals surface area contributed by atoms with Gasteiger partial charge in [0.25, 0.3) is 0 Å². The second-order valence-corrected chi connectivity index (χ2v) is 5.21. The molecule has 23 heavy (non-hydrogen) atoms. The van der Waals surface area contributed by atoms with Gasteiger partial charge in [0, 0.05) is 57.3 Å². The summed E-state index contributed by atoms with van der Waals surface area (Å²) in [5.74, 6) is -3.43. The van der Waals surface area contributed by atoms with Gasteiger partial charge in [-0.3, -0.25) is 9.59 Å². The SMILES string of the molecule is [2H]C([2H])(CC([2H])([2H])S(=O)(=O)[O-])NC(=O)C([2H])([2H])[2H].[2H]C([2H])(CC([2H])([2H])S(=O)(=O)[O-])NC(=O)C([2H])([2H])[2H].[Ca+2]. The van der Waals surface area contributed by atoms with E-state index in [1.165, 1.54) is 10.6 Å². The number of carbonyl (C=O) groups is 2. The van der Waals surface area contributed by atoms with E-state index in [4.69, 9.17) is 19.2 Å². The van der Waals surface area contributed by atoms with Crippen LogP contribution in [0.1, 0.15) is 45.7 Å². The summed E-state index contributed by atoms with van der Waals surface area (Å²) in [5, 5.41) is 2.63. The van der Waals surface area contributed by atoms with Crippen molar-refractivity contribution in [1.82, 2.24) is 10.6 Å². The molecule has 0 radical (unpaired) electrons. The Morgan fingerprint density at radius 3 is 1.43 bits per heavy atom. The number of hydrogen-bond donors (Lipinski definition) is 2. The van der Waals surface area contributed by atoms with Gasteiger partial charge < -0.3 is 19.7 Å². The molecule has 0 aliphatic carbocycles. The first-order valence-corrected chi connectivity index (χ1v) is 7.55. The standard InChI is InChI=1S/2C5H11NO4S.Ca/c2*1-5(7)6-3-2-4-11(8,9)10;/h2*2-4H2,1H3,(H,6,7)(H,8,9,10);/q;;+2/p-2/i2*1D3,3D2,4D2;. The van der Waals surface area contributed by atoms with Crippen molar-refractivity contribution in [3.8, 4) is 0 Å². The Balaban J connectivity index is -0.000000608. The third-order valence-electron chi connectivity index (χ3n) is 1.08. The summed E-state index contributed by atoms with van der Waals surface area (Å²) >= 11 is 0. The Morgan fingerprint density at radius 2 is 1.22 bits per heavy atom. The van der Waals surface area contributed by atoms with E-state index < -0.39 is 83.0 Å². The number of hydrogen-bond acceptors (Lipinski definition) is 8. The van der Waals surface area contributed by atoms with Crippen molar-refractivity contribution in [2.75, 3.05) is 24.4 Å². The van der Waals surface area contributed by atoms with E-state index in [-0.39, 0.29) is 37.7 Å². The molecule has 10 nitrogen and oxygen atoms in total. The molecule has 13 heteroatoms. The van der Waals surface area contributed by atoms with Crippen LogP contribution in [0.2, 0.25) is 0 Å². The first-order chi connectivity index (χ1) is 15.2. The van der Waals surface area contributed by atoms with Gasteiger partial charge in [0.05, 0.1) is 20.2 Å². The van der Waals surface area contributed by atoms with Gasteiger partial charge in [0.2, 0.25) is 11.8 Å². The molecule has 0 atom stereocenters. The number of rotatable bonds is 8.